The quantitative estimate of drug-likeness (QED) is 0.773. The van der Waals surface area contributed by atoms with Crippen molar-refractivity contribution in [2.45, 2.75) is 51.5 Å². The van der Waals surface area contributed by atoms with E-state index < -0.39 is 0 Å². The van der Waals surface area contributed by atoms with Gasteiger partial charge in [-0.25, -0.2) is 0 Å². The first-order valence-corrected chi connectivity index (χ1v) is 11.2. The predicted molar refractivity (Wildman–Crippen MR) is 120 cm³/mol. The molecular formula is C24H33N3O4. The number of rotatable bonds is 2. The molecule has 3 atom stereocenters. The van der Waals surface area contributed by atoms with Crippen molar-refractivity contribution in [2.75, 3.05) is 38.4 Å². The minimum atomic E-state index is -0.0278. The molecule has 2 aliphatic heterocycles. The summed E-state index contributed by atoms with van der Waals surface area (Å²) < 4.78 is 25.4. The molecule has 1 aromatic heterocycles. The van der Waals surface area contributed by atoms with Gasteiger partial charge in [0.1, 0.15) is 18.6 Å². The normalized spacial score (nSPS) is 25.6. The van der Waals surface area contributed by atoms with Gasteiger partial charge in [-0.3, -0.25) is 4.68 Å². The van der Waals surface area contributed by atoms with Gasteiger partial charge < -0.3 is 24.3 Å². The standard InChI is InChI=1S/C24H33N3O4/c1-17-15-28-10-11-29-18(2)16-31-21-7-8-23(26-24-6-4-5-9-30-24)22(12-21)19(3)20-13-25-27(17)14-20/h7-8,12-14,17-18,24,26H,3-6,9-11,15-16H2,1-2H3/t17-,18?,24?/m0/s1. The first-order chi connectivity index (χ1) is 15.1. The lowest BCUT2D eigenvalue weighted by Crippen LogP contribution is -2.27. The van der Waals surface area contributed by atoms with E-state index in [-0.39, 0.29) is 18.4 Å². The van der Waals surface area contributed by atoms with Crippen molar-refractivity contribution >= 4 is 11.3 Å². The summed E-state index contributed by atoms with van der Waals surface area (Å²) in [7, 11) is 0. The Morgan fingerprint density at radius 1 is 1.10 bits per heavy atom. The van der Waals surface area contributed by atoms with Gasteiger partial charge in [0.05, 0.1) is 38.2 Å². The van der Waals surface area contributed by atoms with Crippen LogP contribution in [-0.2, 0) is 14.2 Å². The third-order valence-corrected chi connectivity index (χ3v) is 5.69. The highest BCUT2D eigenvalue weighted by Gasteiger charge is 2.19. The summed E-state index contributed by atoms with van der Waals surface area (Å²) >= 11 is 0. The van der Waals surface area contributed by atoms with Crippen molar-refractivity contribution in [2.24, 2.45) is 0 Å². The molecule has 168 valence electrons. The van der Waals surface area contributed by atoms with Crippen LogP contribution in [0.2, 0.25) is 0 Å². The summed E-state index contributed by atoms with van der Waals surface area (Å²) in [6, 6.07) is 6.18. The first-order valence-electron chi connectivity index (χ1n) is 11.2. The lowest BCUT2D eigenvalue weighted by Gasteiger charge is -2.26. The van der Waals surface area contributed by atoms with Crippen LogP contribution in [0, 0.1) is 0 Å². The van der Waals surface area contributed by atoms with E-state index in [1.54, 1.807) is 0 Å². The highest BCUT2D eigenvalue weighted by molar-refractivity contribution is 5.85. The minimum absolute atomic E-state index is 0.0123. The van der Waals surface area contributed by atoms with E-state index in [1.807, 2.05) is 42.2 Å². The van der Waals surface area contributed by atoms with Crippen molar-refractivity contribution < 1.29 is 18.9 Å². The Balaban J connectivity index is 1.64. The Morgan fingerprint density at radius 3 is 2.84 bits per heavy atom. The number of anilines is 1. The smallest absolute Gasteiger partial charge is 0.127 e. The Hall–Kier alpha value is -2.35. The van der Waals surface area contributed by atoms with Gasteiger partial charge in [-0.1, -0.05) is 6.58 Å². The van der Waals surface area contributed by atoms with Crippen LogP contribution in [0.5, 0.6) is 5.75 Å². The second-order valence-electron chi connectivity index (χ2n) is 8.31. The zero-order valence-corrected chi connectivity index (χ0v) is 18.5. The second kappa shape index (κ2) is 10.3. The van der Waals surface area contributed by atoms with Crippen LogP contribution < -0.4 is 10.1 Å². The molecule has 3 heterocycles. The molecule has 7 heteroatoms. The lowest BCUT2D eigenvalue weighted by molar-refractivity contribution is -0.0109. The average Bonchev–Trinajstić information content (AvgIpc) is 3.28. The summed E-state index contributed by atoms with van der Waals surface area (Å²) in [6.45, 7) is 11.4. The van der Waals surface area contributed by atoms with Gasteiger partial charge in [0, 0.05) is 29.6 Å². The van der Waals surface area contributed by atoms with E-state index in [9.17, 15) is 0 Å². The summed E-state index contributed by atoms with van der Waals surface area (Å²) in [6.07, 6.45) is 7.14. The molecule has 2 aromatic rings. The highest BCUT2D eigenvalue weighted by Crippen LogP contribution is 2.33. The van der Waals surface area contributed by atoms with Crippen molar-refractivity contribution in [3.05, 3.63) is 48.3 Å². The van der Waals surface area contributed by atoms with Crippen LogP contribution in [0.25, 0.3) is 5.57 Å². The van der Waals surface area contributed by atoms with Crippen molar-refractivity contribution in [1.29, 1.82) is 0 Å². The molecule has 1 fully saturated rings. The Bertz CT molecular complexity index is 875. The minimum Gasteiger partial charge on any atom is -0.491 e. The molecule has 1 aromatic carbocycles. The largest absolute Gasteiger partial charge is 0.491 e. The van der Waals surface area contributed by atoms with Gasteiger partial charge >= 0.3 is 0 Å². The van der Waals surface area contributed by atoms with E-state index >= 15 is 0 Å². The fraction of sp³-hybridized carbons (Fsp3) is 0.542. The number of aromatic nitrogens is 2. The van der Waals surface area contributed by atoms with E-state index in [1.165, 1.54) is 6.42 Å². The molecule has 1 saturated heterocycles. The summed E-state index contributed by atoms with van der Waals surface area (Å²) in [5.41, 5.74) is 3.83. The molecule has 4 bridgehead atoms. The number of benzene rings is 1. The van der Waals surface area contributed by atoms with E-state index in [0.717, 1.165) is 47.6 Å². The number of nitrogens with zero attached hydrogens (tertiary/aromatic N) is 2. The van der Waals surface area contributed by atoms with E-state index in [2.05, 4.69) is 23.9 Å². The van der Waals surface area contributed by atoms with Crippen LogP contribution in [0.15, 0.2) is 37.2 Å². The number of fused-ring (bicyclic) bond motifs is 4. The van der Waals surface area contributed by atoms with Crippen LogP contribution in [0.1, 0.15) is 50.3 Å². The van der Waals surface area contributed by atoms with E-state index in [0.29, 0.717) is 26.4 Å². The van der Waals surface area contributed by atoms with Gasteiger partial charge in [-0.05, 0) is 56.9 Å². The average molecular weight is 428 g/mol. The maximum Gasteiger partial charge on any atom is 0.127 e. The maximum absolute atomic E-state index is 6.02. The molecule has 0 aliphatic carbocycles. The summed E-state index contributed by atoms with van der Waals surface area (Å²) in [5.74, 6) is 0.783. The molecule has 31 heavy (non-hydrogen) atoms. The third-order valence-electron chi connectivity index (χ3n) is 5.69. The fourth-order valence-corrected chi connectivity index (χ4v) is 3.81. The molecule has 0 amide bonds. The van der Waals surface area contributed by atoms with E-state index in [4.69, 9.17) is 18.9 Å². The van der Waals surface area contributed by atoms with Crippen molar-refractivity contribution in [3.63, 3.8) is 0 Å². The Labute approximate surface area is 184 Å². The van der Waals surface area contributed by atoms with Crippen molar-refractivity contribution in [1.82, 2.24) is 9.78 Å². The molecule has 2 unspecified atom stereocenters. The van der Waals surface area contributed by atoms with Crippen LogP contribution in [0.4, 0.5) is 5.69 Å². The molecule has 0 radical (unpaired) electrons. The third kappa shape index (κ3) is 5.67. The molecule has 1 N–H and O–H groups in total. The number of hydrogen-bond acceptors (Lipinski definition) is 6. The molecule has 0 spiro atoms. The molecule has 2 aliphatic rings. The number of hydrogen-bond donors (Lipinski definition) is 1. The van der Waals surface area contributed by atoms with Gasteiger partial charge in [0.15, 0.2) is 0 Å². The molecular weight excluding hydrogens is 394 g/mol. The van der Waals surface area contributed by atoms with Crippen LogP contribution in [-0.4, -0.2) is 55.1 Å². The maximum atomic E-state index is 6.02. The number of ether oxygens (including phenoxy) is 4. The van der Waals surface area contributed by atoms with Crippen molar-refractivity contribution in [3.8, 4) is 5.75 Å². The zero-order chi connectivity index (χ0) is 21.6. The second-order valence-corrected chi connectivity index (χ2v) is 8.31. The lowest BCUT2D eigenvalue weighted by atomic mass is 9.99. The monoisotopic (exact) mass is 427 g/mol. The summed E-state index contributed by atoms with van der Waals surface area (Å²) in [4.78, 5) is 0. The SMILES string of the molecule is C=C1c2cnn(c2)[C@@H](C)COCCOC(C)COc2ccc(NC3CCCCO3)c1c2. The zero-order valence-electron chi connectivity index (χ0n) is 18.5. The first kappa shape index (κ1) is 21.9. The molecule has 0 saturated carbocycles. The van der Waals surface area contributed by atoms with Gasteiger partial charge in [-0.15, -0.1) is 0 Å². The number of nitrogens with one attached hydrogen (secondary N) is 1. The van der Waals surface area contributed by atoms with Crippen LogP contribution >= 0.6 is 0 Å². The van der Waals surface area contributed by atoms with Crippen LogP contribution in [0.3, 0.4) is 0 Å². The topological polar surface area (TPSA) is 66.8 Å². The highest BCUT2D eigenvalue weighted by atomic mass is 16.6. The molecule has 4 rings (SSSR count). The fourth-order valence-electron chi connectivity index (χ4n) is 3.81. The summed E-state index contributed by atoms with van der Waals surface area (Å²) in [5, 5.41) is 8.09. The van der Waals surface area contributed by atoms with Gasteiger partial charge in [0.25, 0.3) is 0 Å². The molecule has 7 nitrogen and oxygen atoms in total. The van der Waals surface area contributed by atoms with Gasteiger partial charge in [-0.2, -0.15) is 5.10 Å². The van der Waals surface area contributed by atoms with Gasteiger partial charge in [0.2, 0.25) is 0 Å². The predicted octanol–water partition coefficient (Wildman–Crippen LogP) is 4.26. The Kier molecular flexibility index (Phi) is 7.27. The Morgan fingerprint density at radius 2 is 2.00 bits per heavy atom.